The van der Waals surface area contributed by atoms with Crippen molar-refractivity contribution in [3.05, 3.63) is 82.6 Å². The van der Waals surface area contributed by atoms with Crippen molar-refractivity contribution in [2.45, 2.75) is 26.8 Å². The lowest BCUT2D eigenvalue weighted by Gasteiger charge is -2.13. The highest BCUT2D eigenvalue weighted by Crippen LogP contribution is 2.34. The van der Waals surface area contributed by atoms with Gasteiger partial charge in [-0.25, -0.2) is 23.8 Å². The van der Waals surface area contributed by atoms with Crippen LogP contribution in [0.2, 0.25) is 0 Å². The first-order valence-corrected chi connectivity index (χ1v) is 10.7. The zero-order chi connectivity index (χ0) is 23.1. The van der Waals surface area contributed by atoms with E-state index in [0.29, 0.717) is 24.3 Å². The van der Waals surface area contributed by atoms with Crippen LogP contribution < -0.4 is 11.4 Å². The van der Waals surface area contributed by atoms with E-state index in [9.17, 15) is 4.79 Å². The molecule has 166 valence electrons. The molecule has 4 heterocycles. The number of hydrogen-bond donors (Lipinski definition) is 1. The molecule has 2 N–H and O–H groups in total. The second kappa shape index (κ2) is 8.01. The molecular formula is C24H24N8O. The molecule has 0 radical (unpaired) electrons. The first-order chi connectivity index (χ1) is 15.9. The Morgan fingerprint density at radius 2 is 1.73 bits per heavy atom. The van der Waals surface area contributed by atoms with Crippen LogP contribution in [0.1, 0.15) is 17.2 Å². The standard InChI is InChI=1S/C24H24N8O/c1-15-13-18(14-16(2)27-15)20-21(17-7-5-4-6-8-17)28-23(25)32-22(20)29-31(24(32)33)11-9-19-26-10-12-30(19)3/h4-8,10,12-14H,9,11H2,1-3H3,(H2,25,28). The zero-order valence-electron chi connectivity index (χ0n) is 18.7. The van der Waals surface area contributed by atoms with Crippen molar-refractivity contribution in [1.82, 2.24) is 33.7 Å². The van der Waals surface area contributed by atoms with Crippen LogP contribution in [0, 0.1) is 13.8 Å². The third-order valence-electron chi connectivity index (χ3n) is 5.64. The molecule has 0 spiro atoms. The number of pyridine rings is 1. The monoisotopic (exact) mass is 440 g/mol. The molecule has 9 nitrogen and oxygen atoms in total. The van der Waals surface area contributed by atoms with Crippen LogP contribution in [0.3, 0.4) is 0 Å². The number of nitrogens with two attached hydrogens (primary N) is 1. The largest absolute Gasteiger partial charge is 0.369 e. The molecule has 1 aromatic carbocycles. The molecule has 0 atom stereocenters. The van der Waals surface area contributed by atoms with Gasteiger partial charge in [-0.05, 0) is 31.5 Å². The first kappa shape index (κ1) is 20.6. The summed E-state index contributed by atoms with van der Waals surface area (Å²) in [6.07, 6.45) is 4.18. The smallest absolute Gasteiger partial charge is 0.353 e. The van der Waals surface area contributed by atoms with E-state index in [2.05, 4.69) is 15.0 Å². The fourth-order valence-corrected chi connectivity index (χ4v) is 4.14. The van der Waals surface area contributed by atoms with E-state index in [1.807, 2.05) is 74.1 Å². The second-order valence-electron chi connectivity index (χ2n) is 8.07. The van der Waals surface area contributed by atoms with Crippen molar-refractivity contribution in [3.8, 4) is 22.4 Å². The SMILES string of the molecule is Cc1cc(-c2c(-c3ccccc3)nc(N)n3c(=O)n(CCc4nccn4C)nc23)cc(C)n1. The summed E-state index contributed by atoms with van der Waals surface area (Å²) in [4.78, 5) is 26.8. The number of aryl methyl sites for hydroxylation is 5. The van der Waals surface area contributed by atoms with Crippen LogP contribution in [0.5, 0.6) is 0 Å². The van der Waals surface area contributed by atoms with Crippen LogP contribution in [-0.2, 0) is 20.0 Å². The van der Waals surface area contributed by atoms with Gasteiger partial charge in [0, 0.05) is 42.8 Å². The molecule has 9 heteroatoms. The number of anilines is 1. The third kappa shape index (κ3) is 3.67. The van der Waals surface area contributed by atoms with E-state index in [0.717, 1.165) is 33.9 Å². The summed E-state index contributed by atoms with van der Waals surface area (Å²) in [6, 6.07) is 13.7. The summed E-state index contributed by atoms with van der Waals surface area (Å²) in [5.41, 5.74) is 11.4. The third-order valence-corrected chi connectivity index (χ3v) is 5.64. The number of hydrogen-bond acceptors (Lipinski definition) is 6. The van der Waals surface area contributed by atoms with Crippen LogP contribution in [0.4, 0.5) is 5.95 Å². The molecular weight excluding hydrogens is 416 g/mol. The summed E-state index contributed by atoms with van der Waals surface area (Å²) in [5.74, 6) is 0.971. The molecule has 5 rings (SSSR count). The van der Waals surface area contributed by atoms with Gasteiger partial charge in [0.05, 0.1) is 17.8 Å². The molecule has 0 aliphatic rings. The maximum absolute atomic E-state index is 13.3. The summed E-state index contributed by atoms with van der Waals surface area (Å²) < 4.78 is 4.74. The van der Waals surface area contributed by atoms with Gasteiger partial charge >= 0.3 is 5.69 Å². The van der Waals surface area contributed by atoms with E-state index in [-0.39, 0.29) is 11.6 Å². The number of aromatic nitrogens is 7. The Kier molecular flexibility index (Phi) is 5.01. The highest BCUT2D eigenvalue weighted by atomic mass is 16.2. The molecule has 0 aliphatic heterocycles. The quantitative estimate of drug-likeness (QED) is 0.450. The molecule has 4 aromatic heterocycles. The van der Waals surface area contributed by atoms with Gasteiger partial charge in [0.1, 0.15) is 5.82 Å². The lowest BCUT2D eigenvalue weighted by atomic mass is 9.99. The van der Waals surface area contributed by atoms with Gasteiger partial charge in [0.25, 0.3) is 0 Å². The highest BCUT2D eigenvalue weighted by molar-refractivity contribution is 5.90. The number of nitrogens with zero attached hydrogens (tertiary/aromatic N) is 7. The molecule has 0 unspecified atom stereocenters. The predicted molar refractivity (Wildman–Crippen MR) is 127 cm³/mol. The van der Waals surface area contributed by atoms with Crippen molar-refractivity contribution >= 4 is 11.6 Å². The summed E-state index contributed by atoms with van der Waals surface area (Å²) in [5, 5.41) is 4.71. The van der Waals surface area contributed by atoms with Gasteiger partial charge in [-0.15, -0.1) is 5.10 Å². The Balaban J connectivity index is 1.76. The number of benzene rings is 1. The van der Waals surface area contributed by atoms with E-state index >= 15 is 0 Å². The van der Waals surface area contributed by atoms with Crippen molar-refractivity contribution in [1.29, 1.82) is 0 Å². The maximum atomic E-state index is 13.3. The summed E-state index contributed by atoms with van der Waals surface area (Å²) in [6.45, 7) is 4.26. The minimum absolute atomic E-state index is 0.100. The Morgan fingerprint density at radius 3 is 2.39 bits per heavy atom. The molecule has 33 heavy (non-hydrogen) atoms. The zero-order valence-corrected chi connectivity index (χ0v) is 18.7. The lowest BCUT2D eigenvalue weighted by Crippen LogP contribution is -2.24. The number of fused-ring (bicyclic) bond motifs is 1. The normalized spacial score (nSPS) is 11.4. The summed E-state index contributed by atoms with van der Waals surface area (Å²) >= 11 is 0. The van der Waals surface area contributed by atoms with Crippen LogP contribution in [-0.4, -0.2) is 33.7 Å². The van der Waals surface area contributed by atoms with Gasteiger partial charge in [0.15, 0.2) is 5.65 Å². The fraction of sp³-hybridized carbons (Fsp3) is 0.208. The van der Waals surface area contributed by atoms with Gasteiger partial charge in [-0.2, -0.15) is 0 Å². The minimum atomic E-state index is -0.326. The Hall–Kier alpha value is -4.27. The maximum Gasteiger partial charge on any atom is 0.353 e. The predicted octanol–water partition coefficient (Wildman–Crippen LogP) is 2.80. The topological polar surface area (TPSA) is 109 Å². The number of rotatable bonds is 5. The van der Waals surface area contributed by atoms with Crippen molar-refractivity contribution in [2.24, 2.45) is 7.05 Å². The Bertz CT molecular complexity index is 1510. The van der Waals surface area contributed by atoms with E-state index < -0.39 is 0 Å². The molecule has 0 saturated carbocycles. The molecule has 5 aromatic rings. The lowest BCUT2D eigenvalue weighted by molar-refractivity contribution is 0.571. The molecule has 0 fully saturated rings. The van der Waals surface area contributed by atoms with Crippen LogP contribution in [0.25, 0.3) is 28.0 Å². The molecule has 0 amide bonds. The molecule has 0 bridgehead atoms. The van der Waals surface area contributed by atoms with Crippen molar-refractivity contribution in [3.63, 3.8) is 0 Å². The summed E-state index contributed by atoms with van der Waals surface area (Å²) in [7, 11) is 1.93. The van der Waals surface area contributed by atoms with E-state index in [1.54, 1.807) is 6.20 Å². The van der Waals surface area contributed by atoms with Gasteiger partial charge in [0.2, 0.25) is 5.95 Å². The molecule has 0 aliphatic carbocycles. The van der Waals surface area contributed by atoms with E-state index in [1.165, 1.54) is 9.08 Å². The number of nitrogen functional groups attached to an aromatic ring is 1. The van der Waals surface area contributed by atoms with Gasteiger partial charge < -0.3 is 10.3 Å². The fourth-order valence-electron chi connectivity index (χ4n) is 4.14. The average molecular weight is 441 g/mol. The van der Waals surface area contributed by atoms with Crippen molar-refractivity contribution in [2.75, 3.05) is 5.73 Å². The van der Waals surface area contributed by atoms with Gasteiger partial charge in [-0.1, -0.05) is 30.3 Å². The second-order valence-corrected chi connectivity index (χ2v) is 8.07. The van der Waals surface area contributed by atoms with E-state index in [4.69, 9.17) is 10.8 Å². The van der Waals surface area contributed by atoms with Crippen molar-refractivity contribution < 1.29 is 0 Å². The van der Waals surface area contributed by atoms with Crippen LogP contribution in [0.15, 0.2) is 59.7 Å². The Morgan fingerprint density at radius 1 is 1.00 bits per heavy atom. The Labute approximate surface area is 190 Å². The minimum Gasteiger partial charge on any atom is -0.369 e. The highest BCUT2D eigenvalue weighted by Gasteiger charge is 2.22. The number of imidazole rings is 1. The average Bonchev–Trinajstić information content (AvgIpc) is 3.34. The first-order valence-electron chi connectivity index (χ1n) is 10.7. The molecule has 0 saturated heterocycles. The van der Waals surface area contributed by atoms with Gasteiger partial charge in [-0.3, -0.25) is 4.98 Å². The van der Waals surface area contributed by atoms with Crippen LogP contribution >= 0.6 is 0 Å².